The third-order valence-corrected chi connectivity index (χ3v) is 4.53. The normalized spacial score (nSPS) is 23.8. The van der Waals surface area contributed by atoms with Gasteiger partial charge < -0.3 is 10.1 Å². The fourth-order valence-electron chi connectivity index (χ4n) is 3.36. The summed E-state index contributed by atoms with van der Waals surface area (Å²) in [6.45, 7) is 2.34. The van der Waals surface area contributed by atoms with Gasteiger partial charge in [0.1, 0.15) is 5.75 Å². The SMILES string of the molecule is COc1ccc2c(c1)CCCC2NC(C)CC1CC1. The lowest BCUT2D eigenvalue weighted by atomic mass is 9.87. The molecule has 0 radical (unpaired) electrons. The van der Waals surface area contributed by atoms with E-state index in [1.807, 2.05) is 0 Å². The summed E-state index contributed by atoms with van der Waals surface area (Å²) in [4.78, 5) is 0. The molecule has 1 N–H and O–H groups in total. The van der Waals surface area contributed by atoms with E-state index in [-0.39, 0.29) is 0 Å². The number of rotatable bonds is 5. The average molecular weight is 259 g/mol. The summed E-state index contributed by atoms with van der Waals surface area (Å²) in [5.41, 5.74) is 2.97. The van der Waals surface area contributed by atoms with Crippen molar-refractivity contribution in [3.05, 3.63) is 29.3 Å². The van der Waals surface area contributed by atoms with Crippen molar-refractivity contribution in [3.63, 3.8) is 0 Å². The van der Waals surface area contributed by atoms with E-state index < -0.39 is 0 Å². The van der Waals surface area contributed by atoms with Crippen molar-refractivity contribution in [3.8, 4) is 5.75 Å². The van der Waals surface area contributed by atoms with Gasteiger partial charge in [-0.3, -0.25) is 0 Å². The molecule has 1 aromatic carbocycles. The molecule has 3 rings (SSSR count). The van der Waals surface area contributed by atoms with Crippen LogP contribution in [0.5, 0.6) is 5.75 Å². The molecular weight excluding hydrogens is 234 g/mol. The van der Waals surface area contributed by atoms with Gasteiger partial charge >= 0.3 is 0 Å². The Labute approximate surface area is 116 Å². The summed E-state index contributed by atoms with van der Waals surface area (Å²) < 4.78 is 5.34. The molecule has 1 fully saturated rings. The molecule has 2 unspecified atom stereocenters. The van der Waals surface area contributed by atoms with Crippen LogP contribution < -0.4 is 10.1 Å². The maximum Gasteiger partial charge on any atom is 0.119 e. The molecule has 2 atom stereocenters. The van der Waals surface area contributed by atoms with E-state index in [0.717, 1.165) is 11.7 Å². The molecular formula is C17H25NO. The van der Waals surface area contributed by atoms with Crippen LogP contribution in [-0.2, 0) is 6.42 Å². The van der Waals surface area contributed by atoms with Crippen LogP contribution >= 0.6 is 0 Å². The van der Waals surface area contributed by atoms with E-state index in [1.165, 1.54) is 49.7 Å². The lowest BCUT2D eigenvalue weighted by Crippen LogP contribution is -2.33. The molecule has 2 nitrogen and oxygen atoms in total. The molecule has 104 valence electrons. The second-order valence-electron chi connectivity index (χ2n) is 6.26. The van der Waals surface area contributed by atoms with Crippen molar-refractivity contribution in [2.45, 2.75) is 57.5 Å². The maximum absolute atomic E-state index is 5.34. The highest BCUT2D eigenvalue weighted by molar-refractivity contribution is 5.39. The molecule has 0 bridgehead atoms. The van der Waals surface area contributed by atoms with Crippen LogP contribution in [0.2, 0.25) is 0 Å². The summed E-state index contributed by atoms with van der Waals surface area (Å²) in [5.74, 6) is 1.99. The third-order valence-electron chi connectivity index (χ3n) is 4.53. The van der Waals surface area contributed by atoms with E-state index in [0.29, 0.717) is 12.1 Å². The summed E-state index contributed by atoms with van der Waals surface area (Å²) in [5, 5.41) is 3.84. The third kappa shape index (κ3) is 3.11. The molecule has 1 aromatic rings. The predicted octanol–water partition coefficient (Wildman–Crippen LogP) is 3.85. The Kier molecular flexibility index (Phi) is 3.79. The van der Waals surface area contributed by atoms with Crippen molar-refractivity contribution >= 4 is 0 Å². The minimum atomic E-state index is 0.545. The highest BCUT2D eigenvalue weighted by Gasteiger charge is 2.26. The molecule has 0 aromatic heterocycles. The van der Waals surface area contributed by atoms with Gasteiger partial charge in [-0.2, -0.15) is 0 Å². The first-order chi connectivity index (χ1) is 9.26. The Morgan fingerprint density at radius 2 is 2.16 bits per heavy atom. The summed E-state index contributed by atoms with van der Waals surface area (Å²) in [7, 11) is 1.75. The number of hydrogen-bond donors (Lipinski definition) is 1. The molecule has 0 amide bonds. The van der Waals surface area contributed by atoms with Crippen molar-refractivity contribution in [2.75, 3.05) is 7.11 Å². The zero-order valence-electron chi connectivity index (χ0n) is 12.1. The smallest absolute Gasteiger partial charge is 0.119 e. The number of ether oxygens (including phenoxy) is 1. The van der Waals surface area contributed by atoms with Crippen LogP contribution in [-0.4, -0.2) is 13.2 Å². The molecule has 0 spiro atoms. The van der Waals surface area contributed by atoms with Crippen LogP contribution in [0.15, 0.2) is 18.2 Å². The van der Waals surface area contributed by atoms with Gasteiger partial charge in [-0.15, -0.1) is 0 Å². The largest absolute Gasteiger partial charge is 0.497 e. The van der Waals surface area contributed by atoms with Crippen molar-refractivity contribution in [1.29, 1.82) is 0 Å². The van der Waals surface area contributed by atoms with Gasteiger partial charge in [-0.1, -0.05) is 18.9 Å². The highest BCUT2D eigenvalue weighted by Crippen LogP contribution is 2.36. The van der Waals surface area contributed by atoms with E-state index >= 15 is 0 Å². The Morgan fingerprint density at radius 3 is 2.89 bits per heavy atom. The van der Waals surface area contributed by atoms with E-state index in [9.17, 15) is 0 Å². The Balaban J connectivity index is 1.70. The monoisotopic (exact) mass is 259 g/mol. The number of fused-ring (bicyclic) bond motifs is 1. The number of benzene rings is 1. The van der Waals surface area contributed by atoms with Gasteiger partial charge in [0, 0.05) is 12.1 Å². The first-order valence-electron chi connectivity index (χ1n) is 7.69. The molecule has 0 heterocycles. The quantitative estimate of drug-likeness (QED) is 0.867. The lowest BCUT2D eigenvalue weighted by molar-refractivity contribution is 0.382. The van der Waals surface area contributed by atoms with Gasteiger partial charge in [0.15, 0.2) is 0 Å². The van der Waals surface area contributed by atoms with Crippen molar-refractivity contribution in [1.82, 2.24) is 5.32 Å². The van der Waals surface area contributed by atoms with Crippen LogP contribution in [0, 0.1) is 5.92 Å². The standard InChI is InChI=1S/C17H25NO/c1-12(10-13-6-7-13)18-17-5-3-4-14-11-15(19-2)8-9-16(14)17/h8-9,11-13,17-18H,3-7,10H2,1-2H3. The topological polar surface area (TPSA) is 21.3 Å². The number of nitrogens with one attached hydrogen (secondary N) is 1. The summed E-state index contributed by atoms with van der Waals surface area (Å²) in [6, 6.07) is 7.77. The number of aryl methyl sites for hydroxylation is 1. The Bertz CT molecular complexity index is 439. The number of hydrogen-bond acceptors (Lipinski definition) is 2. The van der Waals surface area contributed by atoms with Crippen molar-refractivity contribution in [2.24, 2.45) is 5.92 Å². The zero-order valence-corrected chi connectivity index (χ0v) is 12.1. The molecule has 19 heavy (non-hydrogen) atoms. The van der Waals surface area contributed by atoms with Crippen molar-refractivity contribution < 1.29 is 4.74 Å². The molecule has 0 saturated heterocycles. The van der Waals surface area contributed by atoms with Gasteiger partial charge in [-0.05, 0) is 61.8 Å². The second-order valence-corrected chi connectivity index (χ2v) is 6.26. The number of methoxy groups -OCH3 is 1. The molecule has 2 aliphatic rings. The van der Waals surface area contributed by atoms with Crippen LogP contribution in [0.1, 0.15) is 56.2 Å². The lowest BCUT2D eigenvalue weighted by Gasteiger charge is -2.29. The first-order valence-corrected chi connectivity index (χ1v) is 7.69. The Hall–Kier alpha value is -1.02. The van der Waals surface area contributed by atoms with Gasteiger partial charge in [0.2, 0.25) is 0 Å². The van der Waals surface area contributed by atoms with Crippen LogP contribution in [0.25, 0.3) is 0 Å². The van der Waals surface area contributed by atoms with E-state index in [4.69, 9.17) is 4.74 Å². The fourth-order valence-corrected chi connectivity index (χ4v) is 3.36. The maximum atomic E-state index is 5.34. The van der Waals surface area contributed by atoms with Crippen LogP contribution in [0.3, 0.4) is 0 Å². The minimum Gasteiger partial charge on any atom is -0.497 e. The minimum absolute atomic E-state index is 0.545. The van der Waals surface area contributed by atoms with Crippen LogP contribution in [0.4, 0.5) is 0 Å². The van der Waals surface area contributed by atoms with Gasteiger partial charge in [0.05, 0.1) is 7.11 Å². The first kappa shape index (κ1) is 13.0. The Morgan fingerprint density at radius 1 is 1.32 bits per heavy atom. The average Bonchev–Trinajstić information content (AvgIpc) is 3.22. The molecule has 1 saturated carbocycles. The summed E-state index contributed by atoms with van der Waals surface area (Å²) in [6.07, 6.45) is 8.00. The van der Waals surface area contributed by atoms with Gasteiger partial charge in [-0.25, -0.2) is 0 Å². The molecule has 0 aliphatic heterocycles. The molecule has 2 aliphatic carbocycles. The summed E-state index contributed by atoms with van der Waals surface area (Å²) >= 11 is 0. The highest BCUT2D eigenvalue weighted by atomic mass is 16.5. The van der Waals surface area contributed by atoms with Gasteiger partial charge in [0.25, 0.3) is 0 Å². The second kappa shape index (κ2) is 5.54. The van der Waals surface area contributed by atoms with E-state index in [1.54, 1.807) is 7.11 Å². The predicted molar refractivity (Wildman–Crippen MR) is 78.6 cm³/mol. The van der Waals surface area contributed by atoms with E-state index in [2.05, 4.69) is 30.4 Å². The molecule has 2 heteroatoms. The fraction of sp³-hybridized carbons (Fsp3) is 0.647. The zero-order chi connectivity index (χ0) is 13.2.